The maximum Gasteiger partial charge on any atom is 0.246 e. The summed E-state index contributed by atoms with van der Waals surface area (Å²) in [5.74, 6) is 0. The van der Waals surface area contributed by atoms with Crippen molar-refractivity contribution in [2.24, 2.45) is 0 Å². The van der Waals surface area contributed by atoms with E-state index in [4.69, 9.17) is 28.9 Å². The van der Waals surface area contributed by atoms with Crippen LogP contribution in [0.5, 0.6) is 0 Å². The zero-order valence-corrected chi connectivity index (χ0v) is 14.9. The van der Waals surface area contributed by atoms with Gasteiger partial charge in [-0.3, -0.25) is 0 Å². The van der Waals surface area contributed by atoms with Crippen LogP contribution in [0.1, 0.15) is 40.0 Å². The molecule has 0 aromatic heterocycles. The van der Waals surface area contributed by atoms with Gasteiger partial charge in [-0.25, -0.2) is 8.42 Å². The predicted octanol–water partition coefficient (Wildman–Crippen LogP) is 4.16. The van der Waals surface area contributed by atoms with Crippen LogP contribution in [-0.2, 0) is 10.0 Å². The van der Waals surface area contributed by atoms with Gasteiger partial charge >= 0.3 is 0 Å². The van der Waals surface area contributed by atoms with E-state index in [0.29, 0.717) is 18.7 Å². The molecule has 1 aromatic carbocycles. The summed E-state index contributed by atoms with van der Waals surface area (Å²) in [5.41, 5.74) is 5.98. The fourth-order valence-corrected chi connectivity index (χ4v) is 4.96. The van der Waals surface area contributed by atoms with Crippen LogP contribution >= 0.6 is 23.2 Å². The first-order valence-corrected chi connectivity index (χ1v) is 9.21. The molecule has 0 saturated heterocycles. The van der Waals surface area contributed by atoms with Crippen LogP contribution in [0, 0.1) is 0 Å². The van der Waals surface area contributed by atoms with Crippen molar-refractivity contribution in [3.63, 3.8) is 0 Å². The molecule has 0 spiro atoms. The van der Waals surface area contributed by atoms with Crippen LogP contribution in [0.2, 0.25) is 10.0 Å². The average molecular weight is 353 g/mol. The molecule has 120 valence electrons. The molecule has 0 fully saturated rings. The highest BCUT2D eigenvalue weighted by Gasteiger charge is 2.31. The summed E-state index contributed by atoms with van der Waals surface area (Å²) < 4.78 is 27.3. The number of nitrogens with zero attached hydrogens (tertiary/aromatic N) is 1. The Morgan fingerprint density at radius 2 is 1.76 bits per heavy atom. The summed E-state index contributed by atoms with van der Waals surface area (Å²) in [6.07, 6.45) is 2.41. The Kier molecular flexibility index (Phi) is 6.78. The molecule has 1 unspecified atom stereocenters. The van der Waals surface area contributed by atoms with E-state index in [9.17, 15) is 8.42 Å². The van der Waals surface area contributed by atoms with Crippen molar-refractivity contribution in [1.82, 2.24) is 4.31 Å². The molecule has 4 nitrogen and oxygen atoms in total. The quantitative estimate of drug-likeness (QED) is 0.749. The number of sulfonamides is 1. The van der Waals surface area contributed by atoms with E-state index in [0.717, 1.165) is 12.8 Å². The Labute approximate surface area is 137 Å². The second-order valence-corrected chi connectivity index (χ2v) is 7.68. The third-order valence-electron chi connectivity index (χ3n) is 3.40. The molecule has 1 rings (SSSR count). The molecule has 21 heavy (non-hydrogen) atoms. The lowest BCUT2D eigenvalue weighted by Gasteiger charge is -2.28. The number of nitrogens with two attached hydrogens (primary N) is 1. The first-order valence-electron chi connectivity index (χ1n) is 7.02. The van der Waals surface area contributed by atoms with Gasteiger partial charge in [0.2, 0.25) is 10.0 Å². The molecule has 0 saturated carbocycles. The lowest BCUT2D eigenvalue weighted by atomic mass is 10.2. The SMILES string of the molecule is CCCCN(C(C)CC)S(=O)(=O)c1c(Cl)cc(N)cc1Cl. The van der Waals surface area contributed by atoms with Crippen LogP contribution in [0.4, 0.5) is 5.69 Å². The van der Waals surface area contributed by atoms with Gasteiger partial charge in [-0.2, -0.15) is 4.31 Å². The van der Waals surface area contributed by atoms with Gasteiger partial charge in [0, 0.05) is 18.3 Å². The third-order valence-corrected chi connectivity index (χ3v) is 6.34. The molecule has 7 heteroatoms. The predicted molar refractivity (Wildman–Crippen MR) is 89.4 cm³/mol. The fourth-order valence-electron chi connectivity index (χ4n) is 2.04. The van der Waals surface area contributed by atoms with Crippen molar-refractivity contribution in [3.05, 3.63) is 22.2 Å². The Hall–Kier alpha value is -0.490. The lowest BCUT2D eigenvalue weighted by molar-refractivity contribution is 0.324. The Balaban J connectivity index is 3.35. The molecule has 1 aromatic rings. The Morgan fingerprint density at radius 1 is 1.24 bits per heavy atom. The second kappa shape index (κ2) is 7.68. The summed E-state index contributed by atoms with van der Waals surface area (Å²) in [4.78, 5) is -0.0589. The van der Waals surface area contributed by atoms with Gasteiger partial charge in [0.05, 0.1) is 10.0 Å². The van der Waals surface area contributed by atoms with Crippen molar-refractivity contribution >= 4 is 38.9 Å². The maximum atomic E-state index is 12.9. The molecule has 2 N–H and O–H groups in total. The fraction of sp³-hybridized carbons (Fsp3) is 0.571. The summed E-state index contributed by atoms with van der Waals surface area (Å²) in [6, 6.07) is 2.70. The number of unbranched alkanes of at least 4 members (excludes halogenated alkanes) is 1. The number of hydrogen-bond donors (Lipinski definition) is 1. The number of hydrogen-bond acceptors (Lipinski definition) is 3. The molecular formula is C14H22Cl2N2O2S. The van der Waals surface area contributed by atoms with Gasteiger partial charge in [-0.05, 0) is 31.9 Å². The number of benzene rings is 1. The van der Waals surface area contributed by atoms with Crippen molar-refractivity contribution in [3.8, 4) is 0 Å². The molecule has 0 heterocycles. The molecule has 1 atom stereocenters. The third kappa shape index (κ3) is 4.25. The Bertz CT molecular complexity index is 568. The standard InChI is InChI=1S/C14H22Cl2N2O2S/c1-4-6-7-18(10(3)5-2)21(19,20)14-12(15)8-11(17)9-13(14)16/h8-10H,4-7,17H2,1-3H3. The second-order valence-electron chi connectivity index (χ2n) is 5.04. The Morgan fingerprint density at radius 3 is 2.19 bits per heavy atom. The van der Waals surface area contributed by atoms with Gasteiger partial charge in [-0.1, -0.05) is 43.5 Å². The first kappa shape index (κ1) is 18.6. The maximum absolute atomic E-state index is 12.9. The van der Waals surface area contributed by atoms with Crippen molar-refractivity contribution in [2.75, 3.05) is 12.3 Å². The minimum atomic E-state index is -3.75. The largest absolute Gasteiger partial charge is 0.399 e. The van der Waals surface area contributed by atoms with Crippen molar-refractivity contribution in [1.29, 1.82) is 0 Å². The topological polar surface area (TPSA) is 63.4 Å². The normalized spacial score (nSPS) is 13.6. The highest BCUT2D eigenvalue weighted by atomic mass is 35.5. The van der Waals surface area contributed by atoms with Gasteiger partial charge in [0.15, 0.2) is 0 Å². The van der Waals surface area contributed by atoms with Crippen LogP contribution in [0.3, 0.4) is 0 Å². The van der Waals surface area contributed by atoms with Crippen LogP contribution in [0.15, 0.2) is 17.0 Å². The minimum Gasteiger partial charge on any atom is -0.399 e. The molecule has 0 aliphatic rings. The zero-order chi connectivity index (χ0) is 16.2. The molecule has 0 radical (unpaired) electrons. The molecular weight excluding hydrogens is 331 g/mol. The van der Waals surface area contributed by atoms with Gasteiger partial charge in [-0.15, -0.1) is 0 Å². The van der Waals surface area contributed by atoms with E-state index in [1.807, 2.05) is 20.8 Å². The van der Waals surface area contributed by atoms with Gasteiger partial charge in [0.1, 0.15) is 4.90 Å². The van der Waals surface area contributed by atoms with Gasteiger partial charge < -0.3 is 5.73 Å². The van der Waals surface area contributed by atoms with Gasteiger partial charge in [0.25, 0.3) is 0 Å². The van der Waals surface area contributed by atoms with Crippen LogP contribution < -0.4 is 5.73 Å². The molecule has 0 aliphatic carbocycles. The number of nitrogen functional groups attached to an aromatic ring is 1. The monoisotopic (exact) mass is 352 g/mol. The molecule has 0 bridgehead atoms. The summed E-state index contributed by atoms with van der Waals surface area (Å²) in [5, 5.41) is 0.120. The molecule has 0 amide bonds. The highest BCUT2D eigenvalue weighted by Crippen LogP contribution is 2.34. The van der Waals surface area contributed by atoms with E-state index in [2.05, 4.69) is 0 Å². The smallest absolute Gasteiger partial charge is 0.246 e. The van der Waals surface area contributed by atoms with E-state index in [-0.39, 0.29) is 21.0 Å². The zero-order valence-electron chi connectivity index (χ0n) is 12.6. The highest BCUT2D eigenvalue weighted by molar-refractivity contribution is 7.89. The average Bonchev–Trinajstić information content (AvgIpc) is 2.36. The van der Waals surface area contributed by atoms with E-state index >= 15 is 0 Å². The summed E-state index contributed by atoms with van der Waals surface area (Å²) >= 11 is 12.2. The van der Waals surface area contributed by atoms with Crippen molar-refractivity contribution in [2.45, 2.75) is 51.0 Å². The molecule has 0 aliphatic heterocycles. The summed E-state index contributed by atoms with van der Waals surface area (Å²) in [7, 11) is -3.75. The van der Waals surface area contributed by atoms with E-state index in [1.54, 1.807) is 0 Å². The van der Waals surface area contributed by atoms with Crippen LogP contribution in [0.25, 0.3) is 0 Å². The number of halogens is 2. The summed E-state index contributed by atoms with van der Waals surface area (Å²) in [6.45, 7) is 6.30. The first-order chi connectivity index (χ1) is 9.75. The number of anilines is 1. The van der Waals surface area contributed by atoms with E-state index < -0.39 is 10.0 Å². The van der Waals surface area contributed by atoms with Crippen molar-refractivity contribution < 1.29 is 8.42 Å². The van der Waals surface area contributed by atoms with E-state index in [1.165, 1.54) is 16.4 Å². The minimum absolute atomic E-state index is 0.0589. The number of rotatable bonds is 7. The lowest BCUT2D eigenvalue weighted by Crippen LogP contribution is -2.39. The van der Waals surface area contributed by atoms with Crippen LogP contribution in [-0.4, -0.2) is 25.3 Å².